The van der Waals surface area contributed by atoms with E-state index in [0.717, 1.165) is 30.4 Å². The quantitative estimate of drug-likeness (QED) is 0.908. The van der Waals surface area contributed by atoms with Gasteiger partial charge in [0.25, 0.3) is 0 Å². The van der Waals surface area contributed by atoms with Gasteiger partial charge in [0.05, 0.1) is 4.90 Å². The summed E-state index contributed by atoms with van der Waals surface area (Å²) in [6.45, 7) is 6.80. The van der Waals surface area contributed by atoms with Gasteiger partial charge in [-0.15, -0.1) is 0 Å². The Hall–Kier alpha value is -0.910. The van der Waals surface area contributed by atoms with Gasteiger partial charge in [-0.25, -0.2) is 8.42 Å². The second-order valence-corrected chi connectivity index (χ2v) is 7.83. The summed E-state index contributed by atoms with van der Waals surface area (Å²) in [6, 6.07) is 5.57. The van der Waals surface area contributed by atoms with E-state index < -0.39 is 10.0 Å². The van der Waals surface area contributed by atoms with Crippen LogP contribution in [0.4, 0.5) is 0 Å². The van der Waals surface area contributed by atoms with Gasteiger partial charge in [-0.2, -0.15) is 4.31 Å². The maximum atomic E-state index is 13.0. The van der Waals surface area contributed by atoms with E-state index in [9.17, 15) is 8.42 Å². The number of nitrogens with two attached hydrogens (primary N) is 1. The molecular weight excluding hydrogens is 284 g/mol. The van der Waals surface area contributed by atoms with Crippen LogP contribution in [0.15, 0.2) is 23.1 Å². The van der Waals surface area contributed by atoms with E-state index in [1.807, 2.05) is 32.9 Å². The van der Waals surface area contributed by atoms with Crippen LogP contribution in [0.2, 0.25) is 0 Å². The third kappa shape index (κ3) is 3.15. The highest BCUT2D eigenvalue weighted by molar-refractivity contribution is 7.89. The summed E-state index contributed by atoms with van der Waals surface area (Å²) in [5.41, 5.74) is 7.72. The predicted octanol–water partition coefficient (Wildman–Crippen LogP) is 2.44. The van der Waals surface area contributed by atoms with Crippen LogP contribution in [0.25, 0.3) is 0 Å². The molecule has 1 aromatic rings. The van der Waals surface area contributed by atoms with E-state index >= 15 is 0 Å². The average Bonchev–Trinajstić information content (AvgIpc) is 2.86. The van der Waals surface area contributed by atoms with E-state index in [-0.39, 0.29) is 12.0 Å². The van der Waals surface area contributed by atoms with Gasteiger partial charge in [-0.05, 0) is 50.8 Å². The van der Waals surface area contributed by atoms with Crippen LogP contribution in [0.3, 0.4) is 0 Å². The first kappa shape index (κ1) is 16.5. The number of rotatable bonds is 5. The van der Waals surface area contributed by atoms with Gasteiger partial charge in [-0.3, -0.25) is 0 Å². The van der Waals surface area contributed by atoms with Crippen molar-refractivity contribution in [1.29, 1.82) is 0 Å². The first-order valence-corrected chi connectivity index (χ1v) is 9.15. The molecule has 1 saturated carbocycles. The Bertz CT molecular complexity index is 598. The van der Waals surface area contributed by atoms with Crippen molar-refractivity contribution in [2.45, 2.75) is 51.0 Å². The van der Waals surface area contributed by atoms with Crippen LogP contribution in [0, 0.1) is 19.8 Å². The van der Waals surface area contributed by atoms with Crippen LogP contribution < -0.4 is 5.73 Å². The lowest BCUT2D eigenvalue weighted by Gasteiger charge is -2.31. The van der Waals surface area contributed by atoms with Crippen molar-refractivity contribution in [3.63, 3.8) is 0 Å². The van der Waals surface area contributed by atoms with Gasteiger partial charge in [0, 0.05) is 12.6 Å². The Morgan fingerprint density at radius 3 is 2.57 bits per heavy atom. The molecule has 2 rings (SSSR count). The van der Waals surface area contributed by atoms with Gasteiger partial charge >= 0.3 is 0 Å². The summed E-state index contributed by atoms with van der Waals surface area (Å²) in [7, 11) is -3.45. The Labute approximate surface area is 128 Å². The zero-order valence-electron chi connectivity index (χ0n) is 13.2. The number of hydrogen-bond acceptors (Lipinski definition) is 3. The number of benzene rings is 1. The van der Waals surface area contributed by atoms with Crippen molar-refractivity contribution >= 4 is 10.0 Å². The number of nitrogens with zero attached hydrogens (tertiary/aromatic N) is 1. The summed E-state index contributed by atoms with van der Waals surface area (Å²) < 4.78 is 27.7. The fraction of sp³-hybridized carbons (Fsp3) is 0.625. The lowest BCUT2D eigenvalue weighted by molar-refractivity contribution is 0.276. The third-order valence-corrected chi connectivity index (χ3v) is 6.68. The molecule has 1 fully saturated rings. The van der Waals surface area contributed by atoms with Crippen molar-refractivity contribution in [1.82, 2.24) is 4.31 Å². The van der Waals surface area contributed by atoms with Gasteiger partial charge in [0.15, 0.2) is 0 Å². The second kappa shape index (κ2) is 6.46. The van der Waals surface area contributed by atoms with Crippen LogP contribution in [0.5, 0.6) is 0 Å². The molecule has 0 aromatic heterocycles. The third-order valence-electron chi connectivity index (χ3n) is 4.52. The second-order valence-electron chi connectivity index (χ2n) is 5.97. The minimum atomic E-state index is -3.45. The zero-order valence-corrected chi connectivity index (χ0v) is 14.0. The van der Waals surface area contributed by atoms with Crippen molar-refractivity contribution in [3.05, 3.63) is 29.3 Å². The zero-order chi connectivity index (χ0) is 15.6. The van der Waals surface area contributed by atoms with Gasteiger partial charge < -0.3 is 5.73 Å². The van der Waals surface area contributed by atoms with Crippen LogP contribution in [-0.4, -0.2) is 31.9 Å². The molecule has 2 atom stereocenters. The fourth-order valence-electron chi connectivity index (χ4n) is 3.47. The Kier molecular flexibility index (Phi) is 5.07. The minimum Gasteiger partial charge on any atom is -0.330 e. The molecule has 0 saturated heterocycles. The van der Waals surface area contributed by atoms with E-state index in [4.69, 9.17) is 5.73 Å². The van der Waals surface area contributed by atoms with Crippen molar-refractivity contribution in [2.24, 2.45) is 11.7 Å². The molecule has 4 nitrogen and oxygen atoms in total. The van der Waals surface area contributed by atoms with E-state index in [1.165, 1.54) is 0 Å². The summed E-state index contributed by atoms with van der Waals surface area (Å²) in [4.78, 5) is 0.428. The monoisotopic (exact) mass is 310 g/mol. The molecule has 0 aliphatic heterocycles. The Morgan fingerprint density at radius 2 is 2.00 bits per heavy atom. The summed E-state index contributed by atoms with van der Waals surface area (Å²) >= 11 is 0. The molecule has 1 aliphatic rings. The smallest absolute Gasteiger partial charge is 0.243 e. The first-order chi connectivity index (χ1) is 9.91. The molecule has 0 amide bonds. The number of aryl methyl sites for hydroxylation is 2. The van der Waals surface area contributed by atoms with Crippen LogP contribution >= 0.6 is 0 Å². The van der Waals surface area contributed by atoms with Crippen LogP contribution in [-0.2, 0) is 10.0 Å². The molecule has 1 aliphatic carbocycles. The van der Waals surface area contributed by atoms with E-state index in [2.05, 4.69) is 0 Å². The SMILES string of the molecule is CCN(C1CCCC1CN)S(=O)(=O)c1ccc(C)cc1C. The lowest BCUT2D eigenvalue weighted by atomic mass is 10.0. The van der Waals surface area contributed by atoms with Crippen molar-refractivity contribution in [2.75, 3.05) is 13.1 Å². The highest BCUT2D eigenvalue weighted by Gasteiger charge is 2.37. The van der Waals surface area contributed by atoms with E-state index in [1.54, 1.807) is 10.4 Å². The fourth-order valence-corrected chi connectivity index (χ4v) is 5.40. The summed E-state index contributed by atoms with van der Waals surface area (Å²) in [6.07, 6.45) is 3.01. The number of sulfonamides is 1. The minimum absolute atomic E-state index is 0.0469. The van der Waals surface area contributed by atoms with Crippen molar-refractivity contribution in [3.8, 4) is 0 Å². The molecule has 5 heteroatoms. The largest absolute Gasteiger partial charge is 0.330 e. The lowest BCUT2D eigenvalue weighted by Crippen LogP contribution is -2.44. The average molecular weight is 310 g/mol. The molecule has 21 heavy (non-hydrogen) atoms. The summed E-state index contributed by atoms with van der Waals surface area (Å²) in [5.74, 6) is 0.283. The molecule has 0 spiro atoms. The van der Waals surface area contributed by atoms with E-state index in [0.29, 0.717) is 18.0 Å². The van der Waals surface area contributed by atoms with Crippen molar-refractivity contribution < 1.29 is 8.42 Å². The highest BCUT2D eigenvalue weighted by atomic mass is 32.2. The highest BCUT2D eigenvalue weighted by Crippen LogP contribution is 2.33. The first-order valence-electron chi connectivity index (χ1n) is 7.71. The van der Waals surface area contributed by atoms with Crippen LogP contribution in [0.1, 0.15) is 37.3 Å². The molecule has 2 unspecified atom stereocenters. The van der Waals surface area contributed by atoms with Gasteiger partial charge in [-0.1, -0.05) is 31.0 Å². The molecule has 0 heterocycles. The molecule has 2 N–H and O–H groups in total. The topological polar surface area (TPSA) is 63.4 Å². The van der Waals surface area contributed by atoms with Gasteiger partial charge in [0.1, 0.15) is 0 Å². The standard InChI is InChI=1S/C16H26N2O2S/c1-4-18(15-7-5-6-14(15)11-17)21(19,20)16-9-8-12(2)10-13(16)3/h8-10,14-15H,4-7,11,17H2,1-3H3. The maximum absolute atomic E-state index is 13.0. The molecule has 1 aromatic carbocycles. The summed E-state index contributed by atoms with van der Waals surface area (Å²) in [5, 5.41) is 0. The molecule has 118 valence electrons. The Morgan fingerprint density at radius 1 is 1.29 bits per heavy atom. The number of hydrogen-bond donors (Lipinski definition) is 1. The predicted molar refractivity (Wildman–Crippen MR) is 85.7 cm³/mol. The van der Waals surface area contributed by atoms with Gasteiger partial charge in [0.2, 0.25) is 10.0 Å². The molecular formula is C16H26N2O2S. The Balaban J connectivity index is 2.40. The molecule has 0 radical (unpaired) electrons. The maximum Gasteiger partial charge on any atom is 0.243 e. The normalized spacial score (nSPS) is 22.9. The molecule has 0 bridgehead atoms.